The third-order valence-electron chi connectivity index (χ3n) is 4.50. The van der Waals surface area contributed by atoms with Crippen molar-refractivity contribution in [2.75, 3.05) is 42.9 Å². The van der Waals surface area contributed by atoms with E-state index in [0.717, 1.165) is 37.8 Å². The largest absolute Gasteiger partial charge is 0.370 e. The molecule has 1 saturated heterocycles. The Labute approximate surface area is 154 Å². The summed E-state index contributed by atoms with van der Waals surface area (Å²) in [5, 5.41) is 3.30. The predicted octanol–water partition coefficient (Wildman–Crippen LogP) is 2.44. The Morgan fingerprint density at radius 3 is 2.58 bits per heavy atom. The second-order valence-electron chi connectivity index (χ2n) is 6.39. The second-order valence-corrected chi connectivity index (χ2v) is 6.39. The SMILES string of the molecule is CCCCCNc1cc(C(=O)N2CCN(c3ncccn3)CC2)ccn1. The molecule has 1 fully saturated rings. The van der Waals surface area contributed by atoms with Gasteiger partial charge in [-0.1, -0.05) is 19.8 Å². The molecule has 0 saturated carbocycles. The maximum absolute atomic E-state index is 12.8. The van der Waals surface area contributed by atoms with E-state index in [4.69, 9.17) is 0 Å². The molecule has 26 heavy (non-hydrogen) atoms. The summed E-state index contributed by atoms with van der Waals surface area (Å²) in [6, 6.07) is 5.44. The van der Waals surface area contributed by atoms with Crippen molar-refractivity contribution in [1.29, 1.82) is 0 Å². The van der Waals surface area contributed by atoms with Crippen LogP contribution in [0.25, 0.3) is 0 Å². The highest BCUT2D eigenvalue weighted by molar-refractivity contribution is 5.95. The predicted molar refractivity (Wildman–Crippen MR) is 102 cm³/mol. The zero-order valence-corrected chi connectivity index (χ0v) is 15.3. The molecule has 1 aliphatic rings. The molecule has 2 aromatic rings. The number of hydrogen-bond donors (Lipinski definition) is 1. The van der Waals surface area contributed by atoms with E-state index in [2.05, 4.69) is 32.1 Å². The van der Waals surface area contributed by atoms with Crippen LogP contribution in [0.15, 0.2) is 36.8 Å². The zero-order chi connectivity index (χ0) is 18.2. The van der Waals surface area contributed by atoms with Crippen LogP contribution in [0.3, 0.4) is 0 Å². The number of rotatable bonds is 7. The van der Waals surface area contributed by atoms with Gasteiger partial charge >= 0.3 is 0 Å². The molecule has 3 rings (SSSR count). The van der Waals surface area contributed by atoms with Crippen LogP contribution in [-0.2, 0) is 0 Å². The Balaban J connectivity index is 1.55. The normalized spacial score (nSPS) is 14.3. The number of piperazine rings is 1. The Bertz CT molecular complexity index is 700. The van der Waals surface area contributed by atoms with Gasteiger partial charge in [0.2, 0.25) is 5.95 Å². The third-order valence-corrected chi connectivity index (χ3v) is 4.50. The van der Waals surface area contributed by atoms with Gasteiger partial charge < -0.3 is 15.1 Å². The van der Waals surface area contributed by atoms with Crippen molar-refractivity contribution in [3.8, 4) is 0 Å². The lowest BCUT2D eigenvalue weighted by Crippen LogP contribution is -2.49. The van der Waals surface area contributed by atoms with Gasteiger partial charge in [0.25, 0.3) is 5.91 Å². The Morgan fingerprint density at radius 1 is 1.08 bits per heavy atom. The summed E-state index contributed by atoms with van der Waals surface area (Å²) in [7, 11) is 0. The monoisotopic (exact) mass is 354 g/mol. The highest BCUT2D eigenvalue weighted by Crippen LogP contribution is 2.14. The second kappa shape index (κ2) is 9.12. The molecule has 1 amide bonds. The molecule has 0 unspecified atom stereocenters. The number of carbonyl (C=O) groups is 1. The zero-order valence-electron chi connectivity index (χ0n) is 15.3. The first kappa shape index (κ1) is 18.1. The molecule has 0 aromatic carbocycles. The molecule has 138 valence electrons. The first-order valence-corrected chi connectivity index (χ1v) is 9.29. The fourth-order valence-electron chi connectivity index (χ4n) is 3.00. The minimum absolute atomic E-state index is 0.0534. The molecule has 1 aliphatic heterocycles. The van der Waals surface area contributed by atoms with Crippen molar-refractivity contribution >= 4 is 17.7 Å². The van der Waals surface area contributed by atoms with E-state index in [1.165, 1.54) is 12.8 Å². The fraction of sp³-hybridized carbons (Fsp3) is 0.474. The standard InChI is InChI=1S/C19H26N6O/c1-2-3-4-7-20-17-15-16(6-10-21-17)18(26)24-11-13-25(14-12-24)19-22-8-5-9-23-19/h5-6,8-10,15H,2-4,7,11-14H2,1H3,(H,20,21). The van der Waals surface area contributed by atoms with E-state index >= 15 is 0 Å². The maximum Gasteiger partial charge on any atom is 0.254 e. The summed E-state index contributed by atoms with van der Waals surface area (Å²) < 4.78 is 0. The smallest absolute Gasteiger partial charge is 0.254 e. The van der Waals surface area contributed by atoms with Crippen molar-refractivity contribution in [3.05, 3.63) is 42.4 Å². The summed E-state index contributed by atoms with van der Waals surface area (Å²) in [4.78, 5) is 29.7. The number of hydrogen-bond acceptors (Lipinski definition) is 6. The van der Waals surface area contributed by atoms with Crippen LogP contribution in [0, 0.1) is 0 Å². The van der Waals surface area contributed by atoms with E-state index in [1.807, 2.05) is 11.0 Å². The molecule has 0 radical (unpaired) electrons. The van der Waals surface area contributed by atoms with Crippen LogP contribution >= 0.6 is 0 Å². The summed E-state index contributed by atoms with van der Waals surface area (Å²) >= 11 is 0. The van der Waals surface area contributed by atoms with Crippen LogP contribution < -0.4 is 10.2 Å². The lowest BCUT2D eigenvalue weighted by atomic mass is 10.2. The lowest BCUT2D eigenvalue weighted by molar-refractivity contribution is 0.0746. The molecule has 1 N–H and O–H groups in total. The van der Waals surface area contributed by atoms with E-state index in [0.29, 0.717) is 18.7 Å². The third kappa shape index (κ3) is 4.68. The van der Waals surface area contributed by atoms with E-state index in [9.17, 15) is 4.79 Å². The fourth-order valence-corrected chi connectivity index (χ4v) is 3.00. The number of nitrogens with one attached hydrogen (secondary N) is 1. The maximum atomic E-state index is 12.8. The molecular weight excluding hydrogens is 328 g/mol. The molecule has 7 nitrogen and oxygen atoms in total. The number of pyridine rings is 1. The van der Waals surface area contributed by atoms with Crippen LogP contribution in [-0.4, -0.2) is 58.5 Å². The molecule has 0 spiro atoms. The van der Waals surface area contributed by atoms with Crippen LogP contribution in [0.5, 0.6) is 0 Å². The number of anilines is 2. The minimum Gasteiger partial charge on any atom is -0.370 e. The van der Waals surface area contributed by atoms with Gasteiger partial charge in [0.1, 0.15) is 5.82 Å². The molecule has 7 heteroatoms. The first-order chi connectivity index (χ1) is 12.8. The van der Waals surface area contributed by atoms with Crippen molar-refractivity contribution in [2.24, 2.45) is 0 Å². The molecule has 0 aliphatic carbocycles. The Morgan fingerprint density at radius 2 is 1.85 bits per heavy atom. The minimum atomic E-state index is 0.0534. The summed E-state index contributed by atoms with van der Waals surface area (Å²) in [6.07, 6.45) is 8.68. The molecule has 2 aromatic heterocycles. The van der Waals surface area contributed by atoms with Gasteiger partial charge in [-0.05, 0) is 24.6 Å². The summed E-state index contributed by atoms with van der Waals surface area (Å²) in [5.41, 5.74) is 0.683. The van der Waals surface area contributed by atoms with E-state index < -0.39 is 0 Å². The Kier molecular flexibility index (Phi) is 6.35. The lowest BCUT2D eigenvalue weighted by Gasteiger charge is -2.34. The number of aromatic nitrogens is 3. The van der Waals surface area contributed by atoms with Gasteiger partial charge in [0.15, 0.2) is 0 Å². The number of amides is 1. The van der Waals surface area contributed by atoms with Crippen molar-refractivity contribution < 1.29 is 4.79 Å². The summed E-state index contributed by atoms with van der Waals surface area (Å²) in [6.45, 7) is 5.87. The molecule has 0 atom stereocenters. The van der Waals surface area contributed by atoms with Crippen LogP contribution in [0.4, 0.5) is 11.8 Å². The highest BCUT2D eigenvalue weighted by atomic mass is 16.2. The van der Waals surface area contributed by atoms with Crippen molar-refractivity contribution in [2.45, 2.75) is 26.2 Å². The quantitative estimate of drug-likeness (QED) is 0.770. The first-order valence-electron chi connectivity index (χ1n) is 9.29. The van der Waals surface area contributed by atoms with Gasteiger partial charge in [0.05, 0.1) is 0 Å². The van der Waals surface area contributed by atoms with E-state index in [-0.39, 0.29) is 5.91 Å². The number of nitrogens with zero attached hydrogens (tertiary/aromatic N) is 5. The van der Waals surface area contributed by atoms with Gasteiger partial charge in [-0.15, -0.1) is 0 Å². The van der Waals surface area contributed by atoms with Crippen molar-refractivity contribution in [3.63, 3.8) is 0 Å². The van der Waals surface area contributed by atoms with Gasteiger partial charge in [-0.3, -0.25) is 4.79 Å². The Hall–Kier alpha value is -2.70. The average Bonchev–Trinajstić information content (AvgIpc) is 2.72. The molecule has 0 bridgehead atoms. The molecular formula is C19H26N6O. The van der Waals surface area contributed by atoms with E-state index in [1.54, 1.807) is 30.7 Å². The van der Waals surface area contributed by atoms with Gasteiger partial charge in [0, 0.05) is 56.9 Å². The topological polar surface area (TPSA) is 74.2 Å². The van der Waals surface area contributed by atoms with Gasteiger partial charge in [-0.25, -0.2) is 15.0 Å². The summed E-state index contributed by atoms with van der Waals surface area (Å²) in [5.74, 6) is 1.54. The average molecular weight is 354 g/mol. The number of unbranched alkanes of at least 4 members (excludes halogenated alkanes) is 2. The highest BCUT2D eigenvalue weighted by Gasteiger charge is 2.23. The number of carbonyl (C=O) groups excluding carboxylic acids is 1. The van der Waals surface area contributed by atoms with Crippen LogP contribution in [0.1, 0.15) is 36.5 Å². The van der Waals surface area contributed by atoms with Crippen molar-refractivity contribution in [1.82, 2.24) is 19.9 Å². The van der Waals surface area contributed by atoms with Gasteiger partial charge in [-0.2, -0.15) is 0 Å². The molecule has 3 heterocycles. The van der Waals surface area contributed by atoms with Crippen LogP contribution in [0.2, 0.25) is 0 Å².